The van der Waals surface area contributed by atoms with Crippen molar-refractivity contribution in [3.05, 3.63) is 0 Å². The maximum Gasteiger partial charge on any atom is 0.227 e. The number of hydrogen-bond acceptors (Lipinski definition) is 2. The van der Waals surface area contributed by atoms with Crippen molar-refractivity contribution >= 4 is 18.3 Å². The van der Waals surface area contributed by atoms with Crippen LogP contribution < -0.4 is 10.6 Å². The van der Waals surface area contributed by atoms with Gasteiger partial charge in [0.05, 0.1) is 5.41 Å². The standard InChI is InChI=1S/C11H20N2O.ClH/c1-2-6-13-10(14)11-5-3-4-9(11)7-12-8-11;/h9,12H,2-8H2,1H3,(H,13,14);1H/t9-,11-;/m1./s1. The summed E-state index contributed by atoms with van der Waals surface area (Å²) >= 11 is 0. The van der Waals surface area contributed by atoms with Gasteiger partial charge in [0.2, 0.25) is 5.91 Å². The molecule has 0 aromatic carbocycles. The summed E-state index contributed by atoms with van der Waals surface area (Å²) in [6.07, 6.45) is 4.57. The van der Waals surface area contributed by atoms with Crippen LogP contribution >= 0.6 is 12.4 Å². The Kier molecular flexibility index (Phi) is 4.41. The molecular formula is C11H21ClN2O. The van der Waals surface area contributed by atoms with Crippen LogP contribution in [0.15, 0.2) is 0 Å². The van der Waals surface area contributed by atoms with E-state index in [0.717, 1.165) is 32.5 Å². The Bertz CT molecular complexity index is 223. The molecule has 1 saturated carbocycles. The van der Waals surface area contributed by atoms with Gasteiger partial charge in [-0.05, 0) is 31.7 Å². The minimum atomic E-state index is -0.0465. The fourth-order valence-electron chi connectivity index (χ4n) is 2.94. The number of carbonyl (C=O) groups excluding carboxylic acids is 1. The van der Waals surface area contributed by atoms with Gasteiger partial charge in [0.25, 0.3) is 0 Å². The number of amides is 1. The molecule has 0 aromatic rings. The average molecular weight is 233 g/mol. The Morgan fingerprint density at radius 3 is 3.13 bits per heavy atom. The first-order valence-corrected chi connectivity index (χ1v) is 5.78. The number of halogens is 1. The van der Waals surface area contributed by atoms with Gasteiger partial charge in [-0.25, -0.2) is 0 Å². The second-order valence-corrected chi connectivity index (χ2v) is 4.63. The third kappa shape index (κ3) is 2.13. The number of carbonyl (C=O) groups is 1. The molecule has 88 valence electrons. The third-order valence-corrected chi connectivity index (χ3v) is 3.78. The van der Waals surface area contributed by atoms with E-state index in [1.165, 1.54) is 12.8 Å². The Morgan fingerprint density at radius 1 is 1.60 bits per heavy atom. The van der Waals surface area contributed by atoms with E-state index in [1.807, 2.05) is 0 Å². The van der Waals surface area contributed by atoms with E-state index in [2.05, 4.69) is 17.6 Å². The Balaban J connectivity index is 0.00000112. The third-order valence-electron chi connectivity index (χ3n) is 3.78. The maximum absolute atomic E-state index is 12.1. The van der Waals surface area contributed by atoms with E-state index in [9.17, 15) is 4.79 Å². The van der Waals surface area contributed by atoms with Gasteiger partial charge >= 0.3 is 0 Å². The Hall–Kier alpha value is -0.280. The first kappa shape index (κ1) is 12.8. The van der Waals surface area contributed by atoms with E-state index in [4.69, 9.17) is 0 Å². The largest absolute Gasteiger partial charge is 0.356 e. The molecule has 1 amide bonds. The summed E-state index contributed by atoms with van der Waals surface area (Å²) in [5.74, 6) is 0.895. The van der Waals surface area contributed by atoms with Crippen LogP contribution in [0.3, 0.4) is 0 Å². The number of nitrogens with one attached hydrogen (secondary N) is 2. The van der Waals surface area contributed by atoms with Gasteiger partial charge in [0, 0.05) is 13.1 Å². The zero-order chi connectivity index (χ0) is 10.0. The van der Waals surface area contributed by atoms with Crippen LogP contribution in [0, 0.1) is 11.3 Å². The second kappa shape index (κ2) is 5.17. The smallest absolute Gasteiger partial charge is 0.227 e. The normalized spacial score (nSPS) is 33.3. The SMILES string of the molecule is CCCNC(=O)[C@@]12CCC[C@@H]1CNC2.Cl. The molecule has 2 aliphatic rings. The van der Waals surface area contributed by atoms with Crippen LogP contribution in [-0.4, -0.2) is 25.5 Å². The molecule has 1 saturated heterocycles. The molecule has 2 fully saturated rings. The van der Waals surface area contributed by atoms with Crippen molar-refractivity contribution in [1.29, 1.82) is 0 Å². The Labute approximate surface area is 97.8 Å². The van der Waals surface area contributed by atoms with Gasteiger partial charge in [-0.1, -0.05) is 13.3 Å². The zero-order valence-electron chi connectivity index (χ0n) is 9.34. The number of rotatable bonds is 3. The first-order valence-electron chi connectivity index (χ1n) is 5.78. The molecular weight excluding hydrogens is 212 g/mol. The van der Waals surface area contributed by atoms with Crippen LogP contribution in [0.2, 0.25) is 0 Å². The zero-order valence-corrected chi connectivity index (χ0v) is 10.2. The highest BCUT2D eigenvalue weighted by molar-refractivity contribution is 5.85. The summed E-state index contributed by atoms with van der Waals surface area (Å²) in [5, 5.41) is 6.42. The molecule has 1 heterocycles. The predicted octanol–water partition coefficient (Wildman–Crippen LogP) is 1.32. The van der Waals surface area contributed by atoms with Crippen molar-refractivity contribution in [3.63, 3.8) is 0 Å². The van der Waals surface area contributed by atoms with E-state index in [0.29, 0.717) is 11.8 Å². The summed E-state index contributed by atoms with van der Waals surface area (Å²) < 4.78 is 0. The van der Waals surface area contributed by atoms with E-state index < -0.39 is 0 Å². The topological polar surface area (TPSA) is 41.1 Å². The van der Waals surface area contributed by atoms with Crippen molar-refractivity contribution in [1.82, 2.24) is 10.6 Å². The molecule has 0 bridgehead atoms. The molecule has 2 atom stereocenters. The van der Waals surface area contributed by atoms with Crippen molar-refractivity contribution < 1.29 is 4.79 Å². The number of hydrogen-bond donors (Lipinski definition) is 2. The first-order chi connectivity index (χ1) is 6.79. The highest BCUT2D eigenvalue weighted by atomic mass is 35.5. The van der Waals surface area contributed by atoms with Crippen molar-refractivity contribution in [2.75, 3.05) is 19.6 Å². The quantitative estimate of drug-likeness (QED) is 0.771. The summed E-state index contributed by atoms with van der Waals surface area (Å²) in [6, 6.07) is 0. The molecule has 0 radical (unpaired) electrons. The number of fused-ring (bicyclic) bond motifs is 1. The fourth-order valence-corrected chi connectivity index (χ4v) is 2.94. The highest BCUT2D eigenvalue weighted by Gasteiger charge is 2.51. The van der Waals surface area contributed by atoms with Gasteiger partial charge in [-0.3, -0.25) is 4.79 Å². The molecule has 1 aliphatic heterocycles. The van der Waals surface area contributed by atoms with E-state index >= 15 is 0 Å². The molecule has 1 aliphatic carbocycles. The molecule has 2 rings (SSSR count). The Morgan fingerprint density at radius 2 is 2.40 bits per heavy atom. The summed E-state index contributed by atoms with van der Waals surface area (Å²) in [4.78, 5) is 12.1. The lowest BCUT2D eigenvalue weighted by molar-refractivity contribution is -0.131. The van der Waals surface area contributed by atoms with Crippen LogP contribution in [0.4, 0.5) is 0 Å². The van der Waals surface area contributed by atoms with Crippen molar-refractivity contribution in [3.8, 4) is 0 Å². The molecule has 3 nitrogen and oxygen atoms in total. The maximum atomic E-state index is 12.1. The second-order valence-electron chi connectivity index (χ2n) is 4.63. The van der Waals surface area contributed by atoms with Crippen molar-refractivity contribution in [2.45, 2.75) is 32.6 Å². The average Bonchev–Trinajstić information content (AvgIpc) is 2.72. The fraction of sp³-hybridized carbons (Fsp3) is 0.909. The van der Waals surface area contributed by atoms with Gasteiger partial charge < -0.3 is 10.6 Å². The summed E-state index contributed by atoms with van der Waals surface area (Å²) in [6.45, 7) is 4.86. The van der Waals surface area contributed by atoms with Gasteiger partial charge in [0.15, 0.2) is 0 Å². The van der Waals surface area contributed by atoms with Gasteiger partial charge in [-0.2, -0.15) is 0 Å². The van der Waals surface area contributed by atoms with Crippen molar-refractivity contribution in [2.24, 2.45) is 11.3 Å². The molecule has 2 N–H and O–H groups in total. The van der Waals surface area contributed by atoms with Gasteiger partial charge in [-0.15, -0.1) is 12.4 Å². The minimum Gasteiger partial charge on any atom is -0.356 e. The van der Waals surface area contributed by atoms with Crippen LogP contribution in [0.5, 0.6) is 0 Å². The minimum absolute atomic E-state index is 0. The molecule has 4 heteroatoms. The summed E-state index contributed by atoms with van der Waals surface area (Å²) in [5.41, 5.74) is -0.0465. The van der Waals surface area contributed by atoms with Gasteiger partial charge in [0.1, 0.15) is 0 Å². The lowest BCUT2D eigenvalue weighted by Crippen LogP contribution is -2.44. The molecule has 0 spiro atoms. The highest BCUT2D eigenvalue weighted by Crippen LogP contribution is 2.45. The molecule has 15 heavy (non-hydrogen) atoms. The van der Waals surface area contributed by atoms with Crippen LogP contribution in [0.25, 0.3) is 0 Å². The van der Waals surface area contributed by atoms with E-state index in [-0.39, 0.29) is 17.8 Å². The summed E-state index contributed by atoms with van der Waals surface area (Å²) in [7, 11) is 0. The molecule has 0 unspecified atom stereocenters. The van der Waals surface area contributed by atoms with Crippen LogP contribution in [0.1, 0.15) is 32.6 Å². The lowest BCUT2D eigenvalue weighted by Gasteiger charge is -2.26. The monoisotopic (exact) mass is 232 g/mol. The predicted molar refractivity (Wildman–Crippen MR) is 63.2 cm³/mol. The van der Waals surface area contributed by atoms with Crippen LogP contribution in [-0.2, 0) is 4.79 Å². The lowest BCUT2D eigenvalue weighted by atomic mass is 9.80. The molecule has 0 aromatic heterocycles. The van der Waals surface area contributed by atoms with E-state index in [1.54, 1.807) is 0 Å².